The first kappa shape index (κ1) is 20.7. The molecule has 2 aliphatic carbocycles. The summed E-state index contributed by atoms with van der Waals surface area (Å²) < 4.78 is 30.3. The highest BCUT2D eigenvalue weighted by molar-refractivity contribution is 7.87. The van der Waals surface area contributed by atoms with Gasteiger partial charge in [0.25, 0.3) is 0 Å². The van der Waals surface area contributed by atoms with E-state index in [9.17, 15) is 18.0 Å². The topological polar surface area (TPSA) is 89.5 Å². The summed E-state index contributed by atoms with van der Waals surface area (Å²) in [5.41, 5.74) is 3.99. The lowest BCUT2D eigenvalue weighted by Crippen LogP contribution is -2.36. The monoisotopic (exact) mass is 449 g/mol. The molecular formula is C25H23NO5S. The van der Waals surface area contributed by atoms with E-state index in [0.29, 0.717) is 24.0 Å². The molecule has 2 aromatic rings. The van der Waals surface area contributed by atoms with Crippen molar-refractivity contribution < 1.29 is 22.2 Å². The van der Waals surface area contributed by atoms with Gasteiger partial charge in [-0.2, -0.15) is 8.42 Å². The maximum Gasteiger partial charge on any atom is 0.339 e. The third-order valence-electron chi connectivity index (χ3n) is 6.24. The highest BCUT2D eigenvalue weighted by Gasteiger charge is 2.40. The zero-order valence-corrected chi connectivity index (χ0v) is 18.3. The number of ketones is 2. The van der Waals surface area contributed by atoms with Gasteiger partial charge in [-0.25, -0.2) is 0 Å². The minimum atomic E-state index is -3.94. The molecule has 3 aliphatic rings. The van der Waals surface area contributed by atoms with Gasteiger partial charge in [0.15, 0.2) is 11.6 Å². The second kappa shape index (κ2) is 8.06. The van der Waals surface area contributed by atoms with Gasteiger partial charge in [-0.15, -0.1) is 0 Å². The number of benzene rings is 2. The fourth-order valence-electron chi connectivity index (χ4n) is 4.79. The van der Waals surface area contributed by atoms with Crippen molar-refractivity contribution >= 4 is 21.7 Å². The normalized spacial score (nSPS) is 19.4. The average molecular weight is 450 g/mol. The Kier molecular flexibility index (Phi) is 5.21. The summed E-state index contributed by atoms with van der Waals surface area (Å²) in [5, 5.41) is 3.39. The van der Waals surface area contributed by atoms with Gasteiger partial charge >= 0.3 is 10.1 Å². The molecule has 6 nitrogen and oxygen atoms in total. The van der Waals surface area contributed by atoms with Gasteiger partial charge in [-0.05, 0) is 55.5 Å². The van der Waals surface area contributed by atoms with Gasteiger partial charge in [0.2, 0.25) is 0 Å². The second-order valence-electron chi connectivity index (χ2n) is 8.32. The minimum absolute atomic E-state index is 0.0701. The molecule has 0 bridgehead atoms. The summed E-state index contributed by atoms with van der Waals surface area (Å²) in [4.78, 5) is 25.8. The van der Waals surface area contributed by atoms with E-state index in [1.54, 1.807) is 42.5 Å². The minimum Gasteiger partial charge on any atom is -0.379 e. The van der Waals surface area contributed by atoms with E-state index >= 15 is 0 Å². The van der Waals surface area contributed by atoms with Crippen molar-refractivity contribution in [1.29, 1.82) is 0 Å². The van der Waals surface area contributed by atoms with Crippen molar-refractivity contribution in [2.24, 2.45) is 0 Å². The van der Waals surface area contributed by atoms with Gasteiger partial charge in [-0.1, -0.05) is 30.3 Å². The smallest absolute Gasteiger partial charge is 0.339 e. The molecule has 0 atom stereocenters. The Bertz CT molecular complexity index is 1220. The molecule has 0 aromatic heterocycles. The molecule has 7 heteroatoms. The molecule has 0 amide bonds. The molecule has 32 heavy (non-hydrogen) atoms. The van der Waals surface area contributed by atoms with Crippen molar-refractivity contribution in [1.82, 2.24) is 5.32 Å². The van der Waals surface area contributed by atoms with Crippen molar-refractivity contribution in [2.75, 3.05) is 0 Å². The van der Waals surface area contributed by atoms with Crippen LogP contribution in [0.4, 0.5) is 0 Å². The Morgan fingerprint density at radius 2 is 1.31 bits per heavy atom. The summed E-state index contributed by atoms with van der Waals surface area (Å²) in [5.74, 6) is -0.0946. The quantitative estimate of drug-likeness (QED) is 0.705. The van der Waals surface area contributed by atoms with Crippen LogP contribution in [0.5, 0.6) is 5.75 Å². The number of nitrogens with one attached hydrogen (secondary N) is 1. The third-order valence-corrected chi connectivity index (χ3v) is 7.50. The molecule has 0 radical (unpaired) electrons. The van der Waals surface area contributed by atoms with Crippen LogP contribution in [0.15, 0.2) is 82.0 Å². The van der Waals surface area contributed by atoms with Gasteiger partial charge in [0.05, 0.1) is 0 Å². The van der Waals surface area contributed by atoms with E-state index in [-0.39, 0.29) is 22.2 Å². The third kappa shape index (κ3) is 3.66. The standard InChI is InChI=1S/C25H23NO5S/c27-21-10-4-8-19-24(21)23(25-20(26-19)9-5-11-22(25)28)16-12-14-17(15-13-16)31-32(29,30)18-6-2-1-3-7-18/h1-3,6-7,12-15,23,26H,4-5,8-11H2. The number of dihydropyridines is 1. The van der Waals surface area contributed by atoms with E-state index < -0.39 is 16.0 Å². The molecule has 0 fully saturated rings. The Balaban J connectivity index is 1.50. The van der Waals surface area contributed by atoms with Crippen molar-refractivity contribution in [3.63, 3.8) is 0 Å². The van der Waals surface area contributed by atoms with Gasteiger partial charge < -0.3 is 9.50 Å². The van der Waals surface area contributed by atoms with E-state index in [1.165, 1.54) is 12.1 Å². The van der Waals surface area contributed by atoms with Gasteiger partial charge in [0.1, 0.15) is 10.6 Å². The van der Waals surface area contributed by atoms with Crippen LogP contribution in [0.3, 0.4) is 0 Å². The number of allylic oxidation sites excluding steroid dienone is 4. The van der Waals surface area contributed by atoms with E-state index in [0.717, 1.165) is 42.6 Å². The van der Waals surface area contributed by atoms with E-state index in [2.05, 4.69) is 5.32 Å². The first-order valence-corrected chi connectivity index (χ1v) is 12.2. The van der Waals surface area contributed by atoms with Gasteiger partial charge in [-0.3, -0.25) is 9.59 Å². The number of carbonyl (C=O) groups excluding carboxylic acids is 2. The van der Waals surface area contributed by atoms with Crippen LogP contribution < -0.4 is 9.50 Å². The summed E-state index contributed by atoms with van der Waals surface area (Å²) in [6.45, 7) is 0. The lowest BCUT2D eigenvalue weighted by atomic mass is 9.71. The Morgan fingerprint density at radius 1 is 0.750 bits per heavy atom. The summed E-state index contributed by atoms with van der Waals surface area (Å²) in [7, 11) is -3.94. The van der Waals surface area contributed by atoms with Crippen LogP contribution in [0.25, 0.3) is 0 Å². The fraction of sp³-hybridized carbons (Fsp3) is 0.280. The largest absolute Gasteiger partial charge is 0.379 e. The summed E-state index contributed by atoms with van der Waals surface area (Å²) in [6.07, 6.45) is 4.14. The number of rotatable bonds is 4. The molecule has 5 rings (SSSR count). The summed E-state index contributed by atoms with van der Waals surface area (Å²) >= 11 is 0. The van der Waals surface area contributed by atoms with E-state index in [4.69, 9.17) is 4.18 Å². The zero-order chi connectivity index (χ0) is 22.3. The van der Waals surface area contributed by atoms with Crippen LogP contribution >= 0.6 is 0 Å². The van der Waals surface area contributed by atoms with Crippen LogP contribution in [-0.4, -0.2) is 20.0 Å². The lowest BCUT2D eigenvalue weighted by molar-refractivity contribution is -0.116. The number of hydrogen-bond acceptors (Lipinski definition) is 6. The first-order chi connectivity index (χ1) is 15.4. The van der Waals surface area contributed by atoms with Crippen LogP contribution in [0.1, 0.15) is 50.0 Å². The molecule has 0 saturated heterocycles. The first-order valence-electron chi connectivity index (χ1n) is 10.8. The fourth-order valence-corrected chi connectivity index (χ4v) is 5.75. The van der Waals surface area contributed by atoms with Crippen LogP contribution in [0.2, 0.25) is 0 Å². The van der Waals surface area contributed by atoms with Crippen molar-refractivity contribution in [2.45, 2.75) is 49.3 Å². The maximum absolute atomic E-state index is 12.9. The molecule has 164 valence electrons. The molecule has 0 saturated carbocycles. The molecule has 0 spiro atoms. The molecule has 1 aliphatic heterocycles. The average Bonchev–Trinajstić information content (AvgIpc) is 2.79. The maximum atomic E-state index is 12.9. The number of Topliss-reactive ketones (excluding diaryl/α,β-unsaturated/α-hetero) is 2. The van der Waals surface area contributed by atoms with Crippen LogP contribution in [0, 0.1) is 0 Å². The SMILES string of the molecule is O=C1CCCC2=C1C(c1ccc(OS(=O)(=O)c3ccccc3)cc1)C1=C(CCCC1=O)N2. The Labute approximate surface area is 187 Å². The highest BCUT2D eigenvalue weighted by Crippen LogP contribution is 2.45. The second-order valence-corrected chi connectivity index (χ2v) is 9.86. The highest BCUT2D eigenvalue weighted by atomic mass is 32.2. The van der Waals surface area contributed by atoms with E-state index in [1.807, 2.05) is 0 Å². The number of carbonyl (C=O) groups is 2. The Morgan fingerprint density at radius 3 is 1.88 bits per heavy atom. The zero-order valence-electron chi connectivity index (χ0n) is 17.5. The lowest BCUT2D eigenvalue weighted by Gasteiger charge is -2.37. The molecule has 1 heterocycles. The van der Waals surface area contributed by atoms with Crippen LogP contribution in [-0.2, 0) is 19.7 Å². The molecular weight excluding hydrogens is 426 g/mol. The predicted octanol–water partition coefficient (Wildman–Crippen LogP) is 4.16. The summed E-state index contributed by atoms with van der Waals surface area (Å²) in [6, 6.07) is 14.6. The Hall–Kier alpha value is -3.19. The van der Waals surface area contributed by atoms with Crippen molar-refractivity contribution in [3.8, 4) is 5.75 Å². The molecule has 1 N–H and O–H groups in total. The molecule has 0 unspecified atom stereocenters. The number of hydrogen-bond donors (Lipinski definition) is 1. The predicted molar refractivity (Wildman–Crippen MR) is 118 cm³/mol. The van der Waals surface area contributed by atoms with Crippen molar-refractivity contribution in [3.05, 3.63) is 82.7 Å². The van der Waals surface area contributed by atoms with Gasteiger partial charge in [0, 0.05) is 41.3 Å². The molecule has 2 aromatic carbocycles.